The summed E-state index contributed by atoms with van der Waals surface area (Å²) in [5, 5.41) is 2.72. The molecule has 1 aliphatic rings. The molecule has 9 heteroatoms. The molecule has 2 aromatic carbocycles. The number of amides is 2. The third kappa shape index (κ3) is 6.98. The van der Waals surface area contributed by atoms with Gasteiger partial charge in [-0.1, -0.05) is 24.3 Å². The summed E-state index contributed by atoms with van der Waals surface area (Å²) in [6.07, 6.45) is -3.66. The Hall–Kier alpha value is -3.07. The van der Waals surface area contributed by atoms with Crippen molar-refractivity contribution in [1.29, 1.82) is 0 Å². The van der Waals surface area contributed by atoms with Gasteiger partial charge in [-0.2, -0.15) is 13.2 Å². The van der Waals surface area contributed by atoms with Crippen molar-refractivity contribution < 1.29 is 27.5 Å². The summed E-state index contributed by atoms with van der Waals surface area (Å²) in [4.78, 5) is 28.6. The number of alkyl halides is 3. The second-order valence-electron chi connectivity index (χ2n) is 7.51. The van der Waals surface area contributed by atoms with Gasteiger partial charge < -0.3 is 15.0 Å². The Morgan fingerprint density at radius 1 is 0.969 bits per heavy atom. The number of nitrogens with zero attached hydrogens (tertiary/aromatic N) is 2. The molecule has 0 spiro atoms. The van der Waals surface area contributed by atoms with Crippen LogP contribution in [0.5, 0.6) is 5.75 Å². The lowest BCUT2D eigenvalue weighted by Crippen LogP contribution is -2.41. The van der Waals surface area contributed by atoms with E-state index in [9.17, 15) is 22.8 Å². The van der Waals surface area contributed by atoms with Gasteiger partial charge in [-0.05, 0) is 36.8 Å². The fourth-order valence-corrected chi connectivity index (χ4v) is 3.48. The highest BCUT2D eigenvalue weighted by Gasteiger charge is 2.30. The van der Waals surface area contributed by atoms with Gasteiger partial charge in [0.25, 0.3) is 5.91 Å². The zero-order valence-corrected chi connectivity index (χ0v) is 17.6. The molecular formula is C23H26F3N3O3. The van der Waals surface area contributed by atoms with Gasteiger partial charge in [-0.15, -0.1) is 0 Å². The number of carbonyl (C=O) groups excluding carboxylic acids is 2. The molecule has 0 aromatic heterocycles. The number of ether oxygens (including phenoxy) is 1. The van der Waals surface area contributed by atoms with E-state index in [1.807, 2.05) is 23.1 Å². The van der Waals surface area contributed by atoms with E-state index in [1.54, 1.807) is 17.0 Å². The second kappa shape index (κ2) is 11.0. The lowest BCUT2D eigenvalue weighted by molar-refractivity contribution is -0.137. The summed E-state index contributed by atoms with van der Waals surface area (Å²) < 4.78 is 43.5. The smallest absolute Gasteiger partial charge is 0.416 e. The standard InChI is InChI=1S/C23H26F3N3O3/c24-23(25,26)19-8-4-9-20(16-19)32-15-10-27-21(30)17-28-11-5-12-29(14-13-28)22(31)18-6-2-1-3-7-18/h1-4,6-9,16H,5,10-15,17H2,(H,27,30). The molecule has 172 valence electrons. The average Bonchev–Trinajstić information content (AvgIpc) is 3.02. The molecule has 2 amide bonds. The van der Waals surface area contributed by atoms with Crippen LogP contribution in [0.3, 0.4) is 0 Å². The van der Waals surface area contributed by atoms with Gasteiger partial charge in [0, 0.05) is 31.7 Å². The Labute approximate surface area is 184 Å². The summed E-state index contributed by atoms with van der Waals surface area (Å²) in [7, 11) is 0. The zero-order chi connectivity index (χ0) is 23.0. The van der Waals surface area contributed by atoms with Gasteiger partial charge in [-0.3, -0.25) is 14.5 Å². The second-order valence-corrected chi connectivity index (χ2v) is 7.51. The predicted molar refractivity (Wildman–Crippen MR) is 113 cm³/mol. The lowest BCUT2D eigenvalue weighted by atomic mass is 10.2. The van der Waals surface area contributed by atoms with Crippen LogP contribution in [0.4, 0.5) is 13.2 Å². The lowest BCUT2D eigenvalue weighted by Gasteiger charge is -2.22. The van der Waals surface area contributed by atoms with Crippen LogP contribution in [-0.2, 0) is 11.0 Å². The molecule has 6 nitrogen and oxygen atoms in total. The maximum absolute atomic E-state index is 12.7. The summed E-state index contributed by atoms with van der Waals surface area (Å²) in [5.41, 5.74) is -0.126. The maximum atomic E-state index is 12.7. The largest absolute Gasteiger partial charge is 0.492 e. The number of nitrogens with one attached hydrogen (secondary N) is 1. The van der Waals surface area contributed by atoms with E-state index in [4.69, 9.17) is 4.74 Å². The fraction of sp³-hybridized carbons (Fsp3) is 0.391. The van der Waals surface area contributed by atoms with Crippen LogP contribution in [0.15, 0.2) is 54.6 Å². The summed E-state index contributed by atoms with van der Waals surface area (Å²) in [5.74, 6) is -0.103. The minimum atomic E-state index is -4.43. The van der Waals surface area contributed by atoms with Crippen molar-refractivity contribution in [1.82, 2.24) is 15.1 Å². The molecule has 0 saturated carbocycles. The third-order valence-corrected chi connectivity index (χ3v) is 5.12. The van der Waals surface area contributed by atoms with Gasteiger partial charge in [0.15, 0.2) is 0 Å². The molecule has 0 radical (unpaired) electrons. The molecule has 1 aliphatic heterocycles. The summed E-state index contributed by atoms with van der Waals surface area (Å²) in [6, 6.07) is 13.7. The van der Waals surface area contributed by atoms with Crippen LogP contribution in [0, 0.1) is 0 Å². The summed E-state index contributed by atoms with van der Waals surface area (Å²) >= 11 is 0. The Morgan fingerprint density at radius 3 is 2.50 bits per heavy atom. The predicted octanol–water partition coefficient (Wildman–Crippen LogP) is 3.05. The van der Waals surface area contributed by atoms with Gasteiger partial charge in [0.1, 0.15) is 12.4 Å². The first-order valence-electron chi connectivity index (χ1n) is 10.5. The van der Waals surface area contributed by atoms with Crippen molar-refractivity contribution in [3.05, 3.63) is 65.7 Å². The van der Waals surface area contributed by atoms with Crippen LogP contribution in [0.2, 0.25) is 0 Å². The van der Waals surface area contributed by atoms with E-state index in [1.165, 1.54) is 12.1 Å². The minimum absolute atomic E-state index is 0.0105. The Morgan fingerprint density at radius 2 is 1.75 bits per heavy atom. The molecule has 1 heterocycles. The van der Waals surface area contributed by atoms with Gasteiger partial charge in [-0.25, -0.2) is 0 Å². The van der Waals surface area contributed by atoms with E-state index >= 15 is 0 Å². The van der Waals surface area contributed by atoms with Crippen molar-refractivity contribution in [2.75, 3.05) is 45.9 Å². The third-order valence-electron chi connectivity index (χ3n) is 5.12. The Kier molecular flexibility index (Phi) is 8.10. The first kappa shape index (κ1) is 23.6. The van der Waals surface area contributed by atoms with Crippen molar-refractivity contribution >= 4 is 11.8 Å². The van der Waals surface area contributed by atoms with Crippen LogP contribution in [0.1, 0.15) is 22.3 Å². The number of rotatable bonds is 7. The monoisotopic (exact) mass is 449 g/mol. The number of hydrogen-bond acceptors (Lipinski definition) is 4. The highest BCUT2D eigenvalue weighted by molar-refractivity contribution is 5.94. The summed E-state index contributed by atoms with van der Waals surface area (Å²) in [6.45, 7) is 2.90. The molecule has 0 bridgehead atoms. The highest BCUT2D eigenvalue weighted by atomic mass is 19.4. The number of hydrogen-bond donors (Lipinski definition) is 1. The Bertz CT molecular complexity index is 906. The van der Waals surface area contributed by atoms with Gasteiger partial charge in [0.05, 0.1) is 18.7 Å². The maximum Gasteiger partial charge on any atom is 0.416 e. The molecule has 1 N–H and O–H groups in total. The van der Waals surface area contributed by atoms with Gasteiger partial charge in [0.2, 0.25) is 5.91 Å². The van der Waals surface area contributed by atoms with Crippen LogP contribution >= 0.6 is 0 Å². The number of carbonyl (C=O) groups is 2. The highest BCUT2D eigenvalue weighted by Crippen LogP contribution is 2.31. The van der Waals surface area contributed by atoms with Crippen molar-refractivity contribution in [2.24, 2.45) is 0 Å². The first-order valence-corrected chi connectivity index (χ1v) is 10.5. The van der Waals surface area contributed by atoms with E-state index in [0.29, 0.717) is 31.7 Å². The molecular weight excluding hydrogens is 423 g/mol. The first-order chi connectivity index (χ1) is 15.3. The molecule has 0 atom stereocenters. The molecule has 2 aromatic rings. The Balaban J connectivity index is 1.38. The van der Waals surface area contributed by atoms with Crippen molar-refractivity contribution in [3.8, 4) is 5.75 Å². The number of halogens is 3. The van der Waals surface area contributed by atoms with E-state index in [0.717, 1.165) is 18.6 Å². The van der Waals surface area contributed by atoms with Crippen LogP contribution < -0.4 is 10.1 Å². The number of benzene rings is 2. The van der Waals surface area contributed by atoms with Crippen LogP contribution in [0.25, 0.3) is 0 Å². The van der Waals surface area contributed by atoms with E-state index in [-0.39, 0.29) is 37.3 Å². The van der Waals surface area contributed by atoms with Crippen molar-refractivity contribution in [2.45, 2.75) is 12.6 Å². The zero-order valence-electron chi connectivity index (χ0n) is 17.6. The molecule has 1 saturated heterocycles. The topological polar surface area (TPSA) is 61.9 Å². The molecule has 32 heavy (non-hydrogen) atoms. The fourth-order valence-electron chi connectivity index (χ4n) is 3.48. The average molecular weight is 449 g/mol. The normalized spacial score (nSPS) is 15.2. The van der Waals surface area contributed by atoms with Gasteiger partial charge >= 0.3 is 6.18 Å². The quantitative estimate of drug-likeness (QED) is 0.661. The van der Waals surface area contributed by atoms with E-state index < -0.39 is 11.7 Å². The molecule has 1 fully saturated rings. The minimum Gasteiger partial charge on any atom is -0.492 e. The van der Waals surface area contributed by atoms with E-state index in [2.05, 4.69) is 5.32 Å². The molecule has 3 rings (SSSR count). The molecule has 0 aliphatic carbocycles. The molecule has 0 unspecified atom stereocenters. The SMILES string of the molecule is O=C(CN1CCCN(C(=O)c2ccccc2)CC1)NCCOc1cccc(C(F)(F)F)c1. The van der Waals surface area contributed by atoms with Crippen molar-refractivity contribution in [3.63, 3.8) is 0 Å². The van der Waals surface area contributed by atoms with Crippen LogP contribution in [-0.4, -0.2) is 67.5 Å².